The van der Waals surface area contributed by atoms with Crippen molar-refractivity contribution in [2.75, 3.05) is 47.5 Å². The van der Waals surface area contributed by atoms with Crippen LogP contribution < -0.4 is 0 Å². The fourth-order valence-corrected chi connectivity index (χ4v) is 7.45. The van der Waals surface area contributed by atoms with Gasteiger partial charge in [0.2, 0.25) is 0 Å². The molecule has 0 saturated carbocycles. The molecular formula is C66H108NO8+. The number of carboxylic acids is 1. The molecule has 0 aromatic carbocycles. The first-order valence-electron chi connectivity index (χ1n) is 29.3. The first-order valence-corrected chi connectivity index (χ1v) is 29.3. The van der Waals surface area contributed by atoms with Crippen molar-refractivity contribution in [2.45, 2.75) is 219 Å². The number of hydrogen-bond acceptors (Lipinski definition) is 7. The molecule has 0 spiro atoms. The van der Waals surface area contributed by atoms with Crippen LogP contribution in [-0.2, 0) is 33.3 Å². The van der Waals surface area contributed by atoms with Crippen LogP contribution in [-0.4, -0.2) is 87.4 Å². The molecule has 0 fully saturated rings. The van der Waals surface area contributed by atoms with E-state index in [2.05, 4.69) is 148 Å². The fourth-order valence-electron chi connectivity index (χ4n) is 7.45. The van der Waals surface area contributed by atoms with Gasteiger partial charge in [-0.05, 0) is 109 Å². The lowest BCUT2D eigenvalue weighted by Gasteiger charge is -2.25. The molecule has 0 saturated heterocycles. The predicted molar refractivity (Wildman–Crippen MR) is 317 cm³/mol. The van der Waals surface area contributed by atoms with Gasteiger partial charge in [0, 0.05) is 12.8 Å². The maximum Gasteiger partial charge on any atom is 0.361 e. The number of carbonyl (C=O) groups is 3. The highest BCUT2D eigenvalue weighted by Gasteiger charge is 2.25. The molecule has 0 aliphatic heterocycles. The van der Waals surface area contributed by atoms with Gasteiger partial charge >= 0.3 is 17.9 Å². The summed E-state index contributed by atoms with van der Waals surface area (Å²) in [5.74, 6) is -2.06. The lowest BCUT2D eigenvalue weighted by molar-refractivity contribution is -0.870. The van der Waals surface area contributed by atoms with Gasteiger partial charge in [0.25, 0.3) is 6.29 Å². The third-order valence-corrected chi connectivity index (χ3v) is 11.9. The van der Waals surface area contributed by atoms with Crippen molar-refractivity contribution in [3.05, 3.63) is 134 Å². The molecule has 0 aromatic heterocycles. The number of quaternary nitrogens is 1. The number of esters is 2. The molecular weight excluding hydrogens is 935 g/mol. The smallest absolute Gasteiger partial charge is 0.361 e. The van der Waals surface area contributed by atoms with E-state index in [1.807, 2.05) is 21.1 Å². The van der Waals surface area contributed by atoms with Crippen LogP contribution in [0.2, 0.25) is 0 Å². The number of carboxylic acid groups (broad SMARTS) is 1. The highest BCUT2D eigenvalue weighted by molar-refractivity contribution is 5.71. The Kier molecular flexibility index (Phi) is 52.3. The van der Waals surface area contributed by atoms with Crippen molar-refractivity contribution in [2.24, 2.45) is 0 Å². The van der Waals surface area contributed by atoms with E-state index in [4.69, 9.17) is 18.9 Å². The Bertz CT molecular complexity index is 1690. The number of nitrogens with zero attached hydrogens (tertiary/aromatic N) is 1. The maximum absolute atomic E-state index is 12.9. The Hall–Kier alpha value is -4.57. The number of unbranched alkanes of at least 4 members (excludes halogenated alkanes) is 15. The lowest BCUT2D eigenvalue weighted by atomic mass is 10.0. The maximum atomic E-state index is 12.9. The van der Waals surface area contributed by atoms with Gasteiger partial charge < -0.3 is 28.5 Å². The Balaban J connectivity index is 4.15. The van der Waals surface area contributed by atoms with Crippen LogP contribution in [0.15, 0.2) is 134 Å². The number of hydrogen-bond donors (Lipinski definition) is 1. The highest BCUT2D eigenvalue weighted by atomic mass is 16.7. The summed E-state index contributed by atoms with van der Waals surface area (Å²) in [6.45, 7) is 4.58. The summed E-state index contributed by atoms with van der Waals surface area (Å²) in [7, 11) is 5.94. The van der Waals surface area contributed by atoms with Crippen LogP contribution in [0, 0.1) is 0 Å². The highest BCUT2D eigenvalue weighted by Crippen LogP contribution is 2.15. The Morgan fingerprint density at radius 1 is 0.400 bits per heavy atom. The van der Waals surface area contributed by atoms with Crippen LogP contribution in [0.1, 0.15) is 206 Å². The summed E-state index contributed by atoms with van der Waals surface area (Å²) in [5.41, 5.74) is 0. The van der Waals surface area contributed by atoms with Gasteiger partial charge in [0.15, 0.2) is 6.10 Å². The first kappa shape index (κ1) is 70.4. The van der Waals surface area contributed by atoms with E-state index in [0.717, 1.165) is 109 Å². The summed E-state index contributed by atoms with van der Waals surface area (Å²) in [5, 5.41) is 9.68. The molecule has 0 amide bonds. The van der Waals surface area contributed by atoms with E-state index < -0.39 is 24.3 Å². The standard InChI is InChI=1S/C66H107NO8/c1-6-8-10-12-14-16-18-20-21-22-23-24-25-26-27-28-29-30-31-32-33-34-35-36-37-38-39-40-41-42-43-45-47-49-51-53-55-57-64(69)75-62(61-74-66(65(70)71)72-59-58-67(3,4)5)60-73-63(68)56-54-52-50-48-46-44-19-17-15-13-11-9-7-2/h8-11,14-17,20-21,23-24,26-27,29-30,32-33,35-36,44,46,62,66H,6-7,12-13,18-19,22,25,28,31,34,37-43,45,47-61H2,1-5H3/p+1/b10-8-,11-9-,16-14-,17-15-,21-20-,24-23-,27-26-,30-29-,33-32-,36-35-,46-44-. The number of likely N-dealkylation sites (N-methyl/N-ethyl adjacent to an activating group) is 1. The van der Waals surface area contributed by atoms with E-state index >= 15 is 0 Å². The number of allylic oxidation sites excluding steroid dienone is 22. The van der Waals surface area contributed by atoms with Gasteiger partial charge in [0.1, 0.15) is 13.2 Å². The third kappa shape index (κ3) is 57.0. The zero-order valence-corrected chi connectivity index (χ0v) is 48.2. The molecule has 2 unspecified atom stereocenters. The Morgan fingerprint density at radius 3 is 1.08 bits per heavy atom. The molecule has 0 bridgehead atoms. The summed E-state index contributed by atoms with van der Waals surface area (Å²) >= 11 is 0. The summed E-state index contributed by atoms with van der Waals surface area (Å²) in [6.07, 6.45) is 76.9. The fraction of sp³-hybridized carbons (Fsp3) is 0.621. The molecule has 0 rings (SSSR count). The first-order chi connectivity index (χ1) is 36.6. The van der Waals surface area contributed by atoms with Crippen LogP contribution in [0.5, 0.6) is 0 Å². The second kappa shape index (κ2) is 55.7. The van der Waals surface area contributed by atoms with Gasteiger partial charge in [0.05, 0.1) is 34.4 Å². The molecule has 0 aliphatic rings. The topological polar surface area (TPSA) is 108 Å². The van der Waals surface area contributed by atoms with Gasteiger partial charge in [-0.25, -0.2) is 4.79 Å². The van der Waals surface area contributed by atoms with Crippen molar-refractivity contribution in [3.63, 3.8) is 0 Å². The van der Waals surface area contributed by atoms with E-state index in [9.17, 15) is 19.5 Å². The quantitative estimate of drug-likeness (QED) is 0.0211. The molecule has 0 heterocycles. The molecule has 1 N–H and O–H groups in total. The Morgan fingerprint density at radius 2 is 0.720 bits per heavy atom. The molecule has 9 nitrogen and oxygen atoms in total. The molecule has 9 heteroatoms. The minimum absolute atomic E-state index is 0.176. The number of rotatable bonds is 52. The molecule has 75 heavy (non-hydrogen) atoms. The molecule has 0 aliphatic carbocycles. The normalized spacial score (nSPS) is 13.8. The average molecular weight is 1040 g/mol. The van der Waals surface area contributed by atoms with Crippen molar-refractivity contribution in [3.8, 4) is 0 Å². The van der Waals surface area contributed by atoms with Crippen LogP contribution in [0.4, 0.5) is 0 Å². The monoisotopic (exact) mass is 1040 g/mol. The predicted octanol–water partition coefficient (Wildman–Crippen LogP) is 17.5. The minimum Gasteiger partial charge on any atom is -0.477 e. The second-order valence-corrected chi connectivity index (χ2v) is 20.2. The number of aliphatic carboxylic acids is 1. The second-order valence-electron chi connectivity index (χ2n) is 20.2. The van der Waals surface area contributed by atoms with Gasteiger partial charge in [-0.2, -0.15) is 0 Å². The summed E-state index contributed by atoms with van der Waals surface area (Å²) < 4.78 is 22.8. The Labute approximate surface area is 459 Å². The third-order valence-electron chi connectivity index (χ3n) is 11.9. The van der Waals surface area contributed by atoms with Crippen molar-refractivity contribution in [1.82, 2.24) is 0 Å². The van der Waals surface area contributed by atoms with E-state index in [1.54, 1.807) is 0 Å². The van der Waals surface area contributed by atoms with Gasteiger partial charge in [-0.15, -0.1) is 0 Å². The van der Waals surface area contributed by atoms with E-state index in [1.165, 1.54) is 57.8 Å². The van der Waals surface area contributed by atoms with E-state index in [0.29, 0.717) is 23.9 Å². The van der Waals surface area contributed by atoms with Crippen molar-refractivity contribution >= 4 is 17.9 Å². The molecule has 0 aromatic rings. The van der Waals surface area contributed by atoms with Crippen molar-refractivity contribution < 1.29 is 42.9 Å². The van der Waals surface area contributed by atoms with Crippen LogP contribution in [0.3, 0.4) is 0 Å². The molecule has 2 atom stereocenters. The van der Waals surface area contributed by atoms with Crippen LogP contribution >= 0.6 is 0 Å². The minimum atomic E-state index is -1.52. The lowest BCUT2D eigenvalue weighted by Crippen LogP contribution is -2.40. The molecule has 424 valence electrons. The zero-order valence-electron chi connectivity index (χ0n) is 48.2. The molecule has 0 radical (unpaired) electrons. The number of carbonyl (C=O) groups excluding carboxylic acids is 2. The average Bonchev–Trinajstić information content (AvgIpc) is 3.38. The largest absolute Gasteiger partial charge is 0.477 e. The van der Waals surface area contributed by atoms with Crippen molar-refractivity contribution in [1.29, 1.82) is 0 Å². The summed E-state index contributed by atoms with van der Waals surface area (Å²) in [6, 6.07) is 0. The SMILES string of the molecule is CC/C=C\C/C=C\C/C=C\C/C=C\C/C=C\C/C=C\C/C=C\C/C=C\CCCCCCCCCCCCCCC(=O)OC(COC(=O)CCCCC/C=C\C/C=C\C/C=C\CC)COC(OCC[N+](C)(C)C)C(=O)O. The zero-order chi connectivity index (χ0) is 54.8. The summed E-state index contributed by atoms with van der Waals surface area (Å²) in [4.78, 5) is 37.3. The van der Waals surface area contributed by atoms with Gasteiger partial charge in [-0.3, -0.25) is 9.59 Å². The number of ether oxygens (including phenoxy) is 4. The van der Waals surface area contributed by atoms with E-state index in [-0.39, 0.29) is 38.6 Å². The van der Waals surface area contributed by atoms with Gasteiger partial charge in [-0.1, -0.05) is 218 Å². The van der Waals surface area contributed by atoms with Crippen LogP contribution in [0.25, 0.3) is 0 Å².